The Morgan fingerprint density at radius 1 is 1.38 bits per heavy atom. The average Bonchev–Trinajstić information content (AvgIpc) is 2.80. The highest BCUT2D eigenvalue weighted by atomic mass is 16.5. The number of benzene rings is 1. The summed E-state index contributed by atoms with van der Waals surface area (Å²) >= 11 is 0. The van der Waals surface area contributed by atoms with Crippen molar-refractivity contribution in [3.63, 3.8) is 0 Å². The molecule has 4 heteroatoms. The first-order valence-electron chi connectivity index (χ1n) is 7.48. The lowest BCUT2D eigenvalue weighted by Gasteiger charge is -2.26. The molecule has 2 rings (SSSR count). The number of likely N-dealkylation sites (tertiary alicyclic amines) is 1. The first-order valence-corrected chi connectivity index (χ1v) is 7.48. The Morgan fingerprint density at radius 2 is 2.10 bits per heavy atom. The molecule has 1 fully saturated rings. The Balaban J connectivity index is 2.10. The minimum atomic E-state index is 0.173. The van der Waals surface area contributed by atoms with E-state index in [1.807, 2.05) is 23.1 Å². The van der Waals surface area contributed by atoms with Crippen molar-refractivity contribution in [1.82, 2.24) is 4.90 Å². The summed E-state index contributed by atoms with van der Waals surface area (Å²) in [4.78, 5) is 14.1. The summed E-state index contributed by atoms with van der Waals surface area (Å²) in [6, 6.07) is 5.98. The van der Waals surface area contributed by atoms with E-state index in [4.69, 9.17) is 10.5 Å². The fraction of sp³-hybridized carbons (Fsp3) is 0.588. The van der Waals surface area contributed by atoms with E-state index in [1.165, 1.54) is 0 Å². The van der Waals surface area contributed by atoms with Crippen LogP contribution >= 0.6 is 0 Å². The standard InChI is InChI=1S/C17H26N2O2/c1-17(2,3)14-8-16(20)19(11-14)10-12-5-6-15(21-4)13(7-12)9-18/h5-7,14H,8-11,18H2,1-4H3. The Labute approximate surface area is 127 Å². The van der Waals surface area contributed by atoms with Crippen LogP contribution < -0.4 is 10.5 Å². The molecule has 0 saturated carbocycles. The van der Waals surface area contributed by atoms with E-state index >= 15 is 0 Å². The van der Waals surface area contributed by atoms with E-state index in [2.05, 4.69) is 20.8 Å². The number of nitrogens with two attached hydrogens (primary N) is 1. The number of ether oxygens (including phenoxy) is 1. The fourth-order valence-electron chi connectivity index (χ4n) is 2.82. The zero-order chi connectivity index (χ0) is 15.6. The number of methoxy groups -OCH3 is 1. The van der Waals surface area contributed by atoms with Gasteiger partial charge in [-0.15, -0.1) is 0 Å². The van der Waals surface area contributed by atoms with Gasteiger partial charge >= 0.3 is 0 Å². The third-order valence-electron chi connectivity index (χ3n) is 4.38. The normalized spacial score (nSPS) is 19.2. The van der Waals surface area contributed by atoms with Crippen molar-refractivity contribution in [1.29, 1.82) is 0 Å². The molecule has 1 atom stereocenters. The van der Waals surface area contributed by atoms with E-state index in [0.29, 0.717) is 25.4 Å². The molecule has 116 valence electrons. The molecule has 2 N–H and O–H groups in total. The summed E-state index contributed by atoms with van der Waals surface area (Å²) in [6.45, 7) is 8.54. The average molecular weight is 290 g/mol. The van der Waals surface area contributed by atoms with Gasteiger partial charge in [-0.25, -0.2) is 0 Å². The molecular formula is C17H26N2O2. The SMILES string of the molecule is COc1ccc(CN2CC(C(C)(C)C)CC2=O)cc1CN. The largest absolute Gasteiger partial charge is 0.496 e. The van der Waals surface area contributed by atoms with Crippen LogP contribution in [0, 0.1) is 11.3 Å². The molecule has 0 bridgehead atoms. The Bertz CT molecular complexity index is 520. The molecule has 1 unspecified atom stereocenters. The second kappa shape index (κ2) is 6.06. The van der Waals surface area contributed by atoms with E-state index in [1.54, 1.807) is 7.11 Å². The number of hydrogen-bond acceptors (Lipinski definition) is 3. The number of rotatable bonds is 4. The quantitative estimate of drug-likeness (QED) is 0.927. The predicted molar refractivity (Wildman–Crippen MR) is 83.9 cm³/mol. The zero-order valence-electron chi connectivity index (χ0n) is 13.5. The van der Waals surface area contributed by atoms with Crippen LogP contribution in [0.5, 0.6) is 5.75 Å². The second-order valence-corrected chi connectivity index (χ2v) is 6.89. The van der Waals surface area contributed by atoms with Crippen molar-refractivity contribution >= 4 is 5.91 Å². The van der Waals surface area contributed by atoms with Crippen LogP contribution in [0.15, 0.2) is 18.2 Å². The minimum Gasteiger partial charge on any atom is -0.496 e. The van der Waals surface area contributed by atoms with Crippen molar-refractivity contribution in [3.8, 4) is 5.75 Å². The number of hydrogen-bond donors (Lipinski definition) is 1. The second-order valence-electron chi connectivity index (χ2n) is 6.89. The molecular weight excluding hydrogens is 264 g/mol. The summed E-state index contributed by atoms with van der Waals surface area (Å²) < 4.78 is 5.28. The lowest BCUT2D eigenvalue weighted by molar-refractivity contribution is -0.128. The molecule has 0 aromatic heterocycles. The van der Waals surface area contributed by atoms with Gasteiger partial charge in [0.05, 0.1) is 7.11 Å². The zero-order valence-corrected chi connectivity index (χ0v) is 13.5. The summed E-state index contributed by atoms with van der Waals surface area (Å²) in [6.07, 6.45) is 0.656. The number of carbonyl (C=O) groups is 1. The monoisotopic (exact) mass is 290 g/mol. The van der Waals surface area contributed by atoms with Gasteiger partial charge in [-0.2, -0.15) is 0 Å². The van der Waals surface area contributed by atoms with Crippen molar-refractivity contribution in [2.75, 3.05) is 13.7 Å². The smallest absolute Gasteiger partial charge is 0.223 e. The predicted octanol–water partition coefficient (Wildman–Crippen LogP) is 2.55. The highest BCUT2D eigenvalue weighted by Crippen LogP contribution is 2.35. The molecule has 0 radical (unpaired) electrons. The lowest BCUT2D eigenvalue weighted by atomic mass is 9.80. The van der Waals surface area contributed by atoms with Gasteiger partial charge in [0.25, 0.3) is 0 Å². The van der Waals surface area contributed by atoms with Gasteiger partial charge < -0.3 is 15.4 Å². The number of amides is 1. The molecule has 1 heterocycles. The van der Waals surface area contributed by atoms with Crippen molar-refractivity contribution < 1.29 is 9.53 Å². The van der Waals surface area contributed by atoms with Gasteiger partial charge in [0.1, 0.15) is 5.75 Å². The van der Waals surface area contributed by atoms with Crippen LogP contribution in [0.4, 0.5) is 0 Å². The van der Waals surface area contributed by atoms with E-state index in [9.17, 15) is 4.79 Å². The molecule has 1 aromatic rings. The first kappa shape index (κ1) is 15.8. The molecule has 1 amide bonds. The molecule has 0 spiro atoms. The maximum Gasteiger partial charge on any atom is 0.223 e. The summed E-state index contributed by atoms with van der Waals surface area (Å²) in [5, 5.41) is 0. The first-order chi connectivity index (χ1) is 9.85. The highest BCUT2D eigenvalue weighted by Gasteiger charge is 2.36. The Morgan fingerprint density at radius 3 is 2.62 bits per heavy atom. The molecule has 1 saturated heterocycles. The van der Waals surface area contributed by atoms with Crippen LogP contribution in [0.2, 0.25) is 0 Å². The van der Waals surface area contributed by atoms with Gasteiger partial charge in [0.2, 0.25) is 5.91 Å². The highest BCUT2D eigenvalue weighted by molar-refractivity contribution is 5.78. The van der Waals surface area contributed by atoms with Gasteiger partial charge in [0, 0.05) is 31.6 Å². The molecule has 1 aliphatic heterocycles. The summed E-state index contributed by atoms with van der Waals surface area (Å²) in [5.74, 6) is 1.49. The van der Waals surface area contributed by atoms with E-state index in [0.717, 1.165) is 23.4 Å². The topological polar surface area (TPSA) is 55.6 Å². The van der Waals surface area contributed by atoms with Gasteiger partial charge in [0.15, 0.2) is 0 Å². The molecule has 21 heavy (non-hydrogen) atoms. The molecule has 0 aliphatic carbocycles. The summed E-state index contributed by atoms with van der Waals surface area (Å²) in [7, 11) is 1.64. The number of nitrogens with zero attached hydrogens (tertiary/aromatic N) is 1. The van der Waals surface area contributed by atoms with E-state index in [-0.39, 0.29) is 11.3 Å². The minimum absolute atomic E-state index is 0.173. The fourth-order valence-corrected chi connectivity index (χ4v) is 2.82. The lowest BCUT2D eigenvalue weighted by Crippen LogP contribution is -2.27. The number of carbonyl (C=O) groups excluding carboxylic acids is 1. The van der Waals surface area contributed by atoms with Crippen molar-refractivity contribution in [3.05, 3.63) is 29.3 Å². The van der Waals surface area contributed by atoms with Gasteiger partial charge in [-0.1, -0.05) is 26.8 Å². The van der Waals surface area contributed by atoms with E-state index < -0.39 is 0 Å². The van der Waals surface area contributed by atoms with Gasteiger partial charge in [-0.3, -0.25) is 4.79 Å². The maximum absolute atomic E-state index is 12.2. The Kier molecular flexibility index (Phi) is 4.57. The van der Waals surface area contributed by atoms with Crippen molar-refractivity contribution in [2.24, 2.45) is 17.1 Å². The van der Waals surface area contributed by atoms with Crippen LogP contribution in [0.3, 0.4) is 0 Å². The maximum atomic E-state index is 12.2. The molecule has 1 aromatic carbocycles. The van der Waals surface area contributed by atoms with Crippen molar-refractivity contribution in [2.45, 2.75) is 40.3 Å². The van der Waals surface area contributed by atoms with Crippen LogP contribution in [-0.2, 0) is 17.9 Å². The van der Waals surface area contributed by atoms with Crippen LogP contribution in [0.25, 0.3) is 0 Å². The van der Waals surface area contributed by atoms with Crippen LogP contribution in [-0.4, -0.2) is 24.5 Å². The van der Waals surface area contributed by atoms with Crippen LogP contribution in [0.1, 0.15) is 38.3 Å². The molecule has 4 nitrogen and oxygen atoms in total. The summed E-state index contributed by atoms with van der Waals surface area (Å²) in [5.41, 5.74) is 8.01. The third-order valence-corrected chi connectivity index (χ3v) is 4.38. The molecule has 1 aliphatic rings. The Hall–Kier alpha value is -1.55. The van der Waals surface area contributed by atoms with Gasteiger partial charge in [-0.05, 0) is 29.0 Å². The third kappa shape index (κ3) is 3.56.